The van der Waals surface area contributed by atoms with Crippen LogP contribution < -0.4 is 10.6 Å². The van der Waals surface area contributed by atoms with Crippen LogP contribution in [0.25, 0.3) is 0 Å². The summed E-state index contributed by atoms with van der Waals surface area (Å²) in [6.45, 7) is 1.37. The van der Waals surface area contributed by atoms with Crippen molar-refractivity contribution >= 4 is 23.3 Å². The Hall–Kier alpha value is -1.30. The lowest BCUT2D eigenvalue weighted by molar-refractivity contribution is -0.0798. The van der Waals surface area contributed by atoms with Crippen LogP contribution in [-0.4, -0.2) is 38.5 Å². The van der Waals surface area contributed by atoms with Gasteiger partial charge in [0, 0.05) is 42.3 Å². The number of rotatable bonds is 4. The van der Waals surface area contributed by atoms with E-state index in [-0.39, 0.29) is 24.1 Å². The molecule has 1 aromatic rings. The van der Waals surface area contributed by atoms with Crippen molar-refractivity contribution in [3.63, 3.8) is 0 Å². The number of carbonyl (C=O) groups is 1. The number of hydrogen-bond donors (Lipinski definition) is 2. The number of urea groups is 1. The highest BCUT2D eigenvalue weighted by Gasteiger charge is 2.54. The second-order valence-electron chi connectivity index (χ2n) is 5.54. The quantitative estimate of drug-likeness (QED) is 0.898. The Morgan fingerprint density at radius 1 is 1.43 bits per heavy atom. The lowest BCUT2D eigenvalue weighted by Gasteiger charge is -2.47. The monoisotopic (exact) mass is 310 g/mol. The van der Waals surface area contributed by atoms with Gasteiger partial charge in [-0.25, -0.2) is 4.79 Å². The van der Waals surface area contributed by atoms with E-state index in [4.69, 9.17) is 21.1 Å². The fourth-order valence-electron chi connectivity index (χ4n) is 3.29. The molecule has 2 fully saturated rings. The Morgan fingerprint density at radius 3 is 2.90 bits per heavy atom. The summed E-state index contributed by atoms with van der Waals surface area (Å²) in [6.07, 6.45) is 1.22. The van der Waals surface area contributed by atoms with Crippen molar-refractivity contribution in [1.29, 1.82) is 0 Å². The van der Waals surface area contributed by atoms with Gasteiger partial charge in [0.15, 0.2) is 0 Å². The van der Waals surface area contributed by atoms with E-state index in [1.54, 1.807) is 31.4 Å². The third-order valence-corrected chi connectivity index (χ3v) is 4.54. The maximum atomic E-state index is 12.1. The van der Waals surface area contributed by atoms with Crippen LogP contribution in [0.15, 0.2) is 24.3 Å². The molecule has 6 heteroatoms. The number of carbonyl (C=O) groups excluding carboxylic acids is 1. The first-order valence-corrected chi connectivity index (χ1v) is 7.50. The molecule has 114 valence electrons. The van der Waals surface area contributed by atoms with E-state index < -0.39 is 0 Å². The Labute approximate surface area is 128 Å². The van der Waals surface area contributed by atoms with Gasteiger partial charge in [-0.2, -0.15) is 0 Å². The van der Waals surface area contributed by atoms with Crippen molar-refractivity contribution in [1.82, 2.24) is 5.32 Å². The molecule has 0 spiro atoms. The van der Waals surface area contributed by atoms with Gasteiger partial charge >= 0.3 is 6.03 Å². The van der Waals surface area contributed by atoms with E-state index in [1.165, 1.54) is 0 Å². The predicted molar refractivity (Wildman–Crippen MR) is 80.6 cm³/mol. The van der Waals surface area contributed by atoms with Crippen LogP contribution in [0.2, 0.25) is 5.02 Å². The summed E-state index contributed by atoms with van der Waals surface area (Å²) in [5.41, 5.74) is 0.721. The van der Waals surface area contributed by atoms with E-state index in [2.05, 4.69) is 10.6 Å². The lowest BCUT2D eigenvalue weighted by Crippen LogP contribution is -2.63. The molecule has 0 radical (unpaired) electrons. The highest BCUT2D eigenvalue weighted by molar-refractivity contribution is 6.30. The summed E-state index contributed by atoms with van der Waals surface area (Å²) in [6, 6.07) is 6.95. The normalized spacial score (nSPS) is 30.4. The summed E-state index contributed by atoms with van der Waals surface area (Å²) < 4.78 is 10.9. The first kappa shape index (κ1) is 14.6. The summed E-state index contributed by atoms with van der Waals surface area (Å²) >= 11 is 5.82. The molecule has 1 aliphatic heterocycles. The minimum Gasteiger partial charge on any atom is -0.384 e. The largest absolute Gasteiger partial charge is 0.384 e. The zero-order valence-electron chi connectivity index (χ0n) is 11.8. The van der Waals surface area contributed by atoms with E-state index in [0.29, 0.717) is 17.5 Å². The van der Waals surface area contributed by atoms with Crippen LogP contribution in [0, 0.1) is 11.8 Å². The number of ether oxygens (including phenoxy) is 2. The molecule has 1 saturated carbocycles. The Bertz CT molecular complexity index is 508. The van der Waals surface area contributed by atoms with Crippen LogP contribution in [0.1, 0.15) is 6.42 Å². The van der Waals surface area contributed by atoms with Crippen LogP contribution in [0.5, 0.6) is 0 Å². The van der Waals surface area contributed by atoms with Crippen molar-refractivity contribution in [2.75, 3.05) is 25.6 Å². The summed E-state index contributed by atoms with van der Waals surface area (Å²) in [5.74, 6) is 0.639. The molecule has 2 amide bonds. The number of hydrogen-bond acceptors (Lipinski definition) is 3. The molecular formula is C15H19ClN2O3. The van der Waals surface area contributed by atoms with Gasteiger partial charge in [0.1, 0.15) is 0 Å². The average Bonchev–Trinajstić information content (AvgIpc) is 2.89. The highest BCUT2D eigenvalue weighted by atomic mass is 35.5. The van der Waals surface area contributed by atoms with E-state index >= 15 is 0 Å². The van der Waals surface area contributed by atoms with Gasteiger partial charge in [-0.15, -0.1) is 0 Å². The average molecular weight is 311 g/mol. The molecule has 0 unspecified atom stereocenters. The van der Waals surface area contributed by atoms with Gasteiger partial charge < -0.3 is 20.1 Å². The minimum atomic E-state index is -0.200. The molecule has 21 heavy (non-hydrogen) atoms. The second-order valence-corrected chi connectivity index (χ2v) is 5.97. The highest BCUT2D eigenvalue weighted by Crippen LogP contribution is 2.43. The topological polar surface area (TPSA) is 59.6 Å². The maximum absolute atomic E-state index is 12.1. The van der Waals surface area contributed by atoms with E-state index in [9.17, 15) is 4.79 Å². The molecule has 2 N–H and O–H groups in total. The van der Waals surface area contributed by atoms with Crippen molar-refractivity contribution in [2.24, 2.45) is 11.8 Å². The zero-order chi connectivity index (χ0) is 14.8. The molecule has 1 aliphatic carbocycles. The van der Waals surface area contributed by atoms with Crippen LogP contribution in [0.4, 0.5) is 10.5 Å². The number of amides is 2. The fraction of sp³-hybridized carbons (Fsp3) is 0.533. The molecule has 0 bridgehead atoms. The third-order valence-electron chi connectivity index (χ3n) is 4.29. The van der Waals surface area contributed by atoms with Gasteiger partial charge in [0.25, 0.3) is 0 Å². The van der Waals surface area contributed by atoms with Crippen molar-refractivity contribution in [2.45, 2.75) is 18.6 Å². The van der Waals surface area contributed by atoms with Crippen LogP contribution in [0.3, 0.4) is 0 Å². The number of nitrogens with one attached hydrogen (secondary N) is 2. The van der Waals surface area contributed by atoms with E-state index in [1.807, 2.05) is 0 Å². The molecule has 3 rings (SSSR count). The molecule has 1 saturated heterocycles. The van der Waals surface area contributed by atoms with Crippen LogP contribution >= 0.6 is 11.6 Å². The standard InChI is InChI=1S/C15H19ClN2O3/c1-20-8-12-13(11-6-7-21-14(11)12)18-15(19)17-10-4-2-9(16)3-5-10/h2-5,11-14H,6-8H2,1H3,(H2,17,18,19)/t11-,12+,13+,14-/m1/s1. The first-order chi connectivity index (χ1) is 10.2. The number of fused-ring (bicyclic) bond motifs is 1. The van der Waals surface area contributed by atoms with Crippen molar-refractivity contribution < 1.29 is 14.3 Å². The maximum Gasteiger partial charge on any atom is 0.319 e. The van der Waals surface area contributed by atoms with Gasteiger partial charge in [-0.1, -0.05) is 11.6 Å². The van der Waals surface area contributed by atoms with Gasteiger partial charge in [-0.05, 0) is 30.7 Å². The minimum absolute atomic E-state index is 0.116. The molecule has 0 aromatic heterocycles. The molecule has 4 atom stereocenters. The number of anilines is 1. The van der Waals surface area contributed by atoms with Crippen molar-refractivity contribution in [3.8, 4) is 0 Å². The summed E-state index contributed by atoms with van der Waals surface area (Å²) in [5, 5.41) is 6.51. The predicted octanol–water partition coefficient (Wildman–Crippen LogP) is 2.51. The van der Waals surface area contributed by atoms with E-state index in [0.717, 1.165) is 18.7 Å². The number of halogens is 1. The van der Waals surface area contributed by atoms with Gasteiger partial charge in [0.05, 0.1) is 12.7 Å². The number of benzene rings is 1. The molecule has 1 heterocycles. The Morgan fingerprint density at radius 2 is 2.19 bits per heavy atom. The SMILES string of the molecule is COC[C@H]1[C@@H](NC(=O)Nc2ccc(Cl)cc2)[C@H]2CCO[C@H]21. The third kappa shape index (κ3) is 3.00. The Kier molecular flexibility index (Phi) is 4.33. The molecule has 5 nitrogen and oxygen atoms in total. The fourth-order valence-corrected chi connectivity index (χ4v) is 3.41. The first-order valence-electron chi connectivity index (χ1n) is 7.12. The van der Waals surface area contributed by atoms with Crippen molar-refractivity contribution in [3.05, 3.63) is 29.3 Å². The molecular weight excluding hydrogens is 292 g/mol. The second kappa shape index (κ2) is 6.22. The molecule has 1 aromatic carbocycles. The summed E-state index contributed by atoms with van der Waals surface area (Å²) in [7, 11) is 1.67. The molecule has 2 aliphatic rings. The zero-order valence-corrected chi connectivity index (χ0v) is 12.6. The number of methoxy groups -OCH3 is 1. The Balaban J connectivity index is 1.57. The van der Waals surface area contributed by atoms with Gasteiger partial charge in [-0.3, -0.25) is 0 Å². The summed E-state index contributed by atoms with van der Waals surface area (Å²) in [4.78, 5) is 12.1. The smallest absolute Gasteiger partial charge is 0.319 e. The lowest BCUT2D eigenvalue weighted by atomic mass is 9.67. The van der Waals surface area contributed by atoms with Gasteiger partial charge in [0.2, 0.25) is 0 Å². The van der Waals surface area contributed by atoms with Crippen LogP contribution in [-0.2, 0) is 9.47 Å².